The van der Waals surface area contributed by atoms with Crippen molar-refractivity contribution < 1.29 is 0 Å². The van der Waals surface area contributed by atoms with Crippen molar-refractivity contribution in [3.8, 4) is 0 Å². The summed E-state index contributed by atoms with van der Waals surface area (Å²) in [6.07, 6.45) is 1.87. The number of hydrogen-bond donors (Lipinski definition) is 2. The molecule has 2 N–H and O–H groups in total. The maximum absolute atomic E-state index is 6.18. The van der Waals surface area contributed by atoms with Crippen molar-refractivity contribution in [2.24, 2.45) is 0 Å². The highest BCUT2D eigenvalue weighted by Crippen LogP contribution is 2.24. The summed E-state index contributed by atoms with van der Waals surface area (Å²) in [5.74, 6) is 0.656. The van der Waals surface area contributed by atoms with Crippen LogP contribution in [0.5, 0.6) is 0 Å². The van der Waals surface area contributed by atoms with Crippen molar-refractivity contribution in [1.82, 2.24) is 15.1 Å². The molecule has 0 atom stereocenters. The normalized spacial score (nSPS) is 10.8. The Morgan fingerprint density at radius 1 is 1.41 bits per heavy atom. The van der Waals surface area contributed by atoms with Crippen LogP contribution >= 0.6 is 51.3 Å². The van der Waals surface area contributed by atoms with Crippen LogP contribution in [0.3, 0.4) is 0 Å². The molecule has 0 spiro atoms. The average molecular weight is 422 g/mol. The summed E-state index contributed by atoms with van der Waals surface area (Å²) in [6.45, 7) is 4.58. The number of halogens is 3. The highest BCUT2D eigenvalue weighted by molar-refractivity contribution is 9.10. The third-order valence-corrected chi connectivity index (χ3v) is 4.10. The molecule has 1 aromatic carbocycles. The van der Waals surface area contributed by atoms with Gasteiger partial charge in [0, 0.05) is 22.3 Å². The zero-order chi connectivity index (χ0) is 16.3. The van der Waals surface area contributed by atoms with Gasteiger partial charge in [-0.1, -0.05) is 29.3 Å². The van der Waals surface area contributed by atoms with Crippen LogP contribution in [0.25, 0.3) is 0 Å². The van der Waals surface area contributed by atoms with Crippen LogP contribution in [-0.4, -0.2) is 20.9 Å². The van der Waals surface area contributed by atoms with Gasteiger partial charge in [-0.25, -0.2) is 0 Å². The zero-order valence-corrected chi connectivity index (χ0v) is 15.9. The van der Waals surface area contributed by atoms with E-state index in [1.54, 1.807) is 10.7 Å². The van der Waals surface area contributed by atoms with E-state index in [1.807, 2.05) is 32.2 Å². The van der Waals surface area contributed by atoms with E-state index in [1.165, 1.54) is 0 Å². The predicted molar refractivity (Wildman–Crippen MR) is 100.0 cm³/mol. The smallest absolute Gasteiger partial charge is 0.172 e. The Kier molecular flexibility index (Phi) is 6.09. The molecule has 0 aliphatic carbocycles. The Hall–Kier alpha value is -0.820. The standard InChI is InChI=1S/C14H15BrCl2N4S/c1-8(2)18-14(22)19-13-11(15)7-21(20-13)6-9-3-4-10(16)5-12(9)17/h3-5,7-8H,6H2,1-2H3,(H2,18,19,20,22). The average Bonchev–Trinajstić information content (AvgIpc) is 2.72. The lowest BCUT2D eigenvalue weighted by atomic mass is 10.2. The van der Waals surface area contributed by atoms with E-state index in [0.717, 1.165) is 10.0 Å². The summed E-state index contributed by atoms with van der Waals surface area (Å²) in [7, 11) is 0. The Morgan fingerprint density at radius 2 is 2.14 bits per heavy atom. The number of anilines is 1. The Balaban J connectivity index is 2.10. The molecule has 2 rings (SSSR count). The highest BCUT2D eigenvalue weighted by Gasteiger charge is 2.10. The lowest BCUT2D eigenvalue weighted by Crippen LogP contribution is -2.34. The first-order valence-electron chi connectivity index (χ1n) is 6.59. The minimum absolute atomic E-state index is 0.258. The lowest BCUT2D eigenvalue weighted by molar-refractivity contribution is 0.689. The molecule has 0 aliphatic rings. The summed E-state index contributed by atoms with van der Waals surface area (Å²) in [4.78, 5) is 0. The molecule has 8 heteroatoms. The second kappa shape index (κ2) is 7.64. The lowest BCUT2D eigenvalue weighted by Gasteiger charge is -2.11. The molecule has 0 saturated carbocycles. The number of aromatic nitrogens is 2. The molecular weight excluding hydrogens is 407 g/mol. The molecule has 0 bridgehead atoms. The van der Waals surface area contributed by atoms with Crippen LogP contribution in [0, 0.1) is 0 Å². The molecule has 0 amide bonds. The van der Waals surface area contributed by atoms with Crippen LogP contribution in [-0.2, 0) is 6.54 Å². The first-order chi connectivity index (χ1) is 10.3. The fourth-order valence-corrected chi connectivity index (χ4v) is 3.01. The van der Waals surface area contributed by atoms with Gasteiger partial charge in [0.2, 0.25) is 0 Å². The quantitative estimate of drug-likeness (QED) is 0.702. The van der Waals surface area contributed by atoms with Crippen molar-refractivity contribution in [3.63, 3.8) is 0 Å². The second-order valence-corrected chi connectivity index (χ2v) is 7.12. The molecule has 22 heavy (non-hydrogen) atoms. The van der Waals surface area contributed by atoms with E-state index in [9.17, 15) is 0 Å². The van der Waals surface area contributed by atoms with E-state index in [-0.39, 0.29) is 6.04 Å². The molecule has 0 fully saturated rings. The number of nitrogens with zero attached hydrogens (tertiary/aromatic N) is 2. The molecule has 0 aliphatic heterocycles. The number of nitrogens with one attached hydrogen (secondary N) is 2. The van der Waals surface area contributed by atoms with Gasteiger partial charge in [0.05, 0.1) is 11.0 Å². The van der Waals surface area contributed by atoms with Gasteiger partial charge in [0.1, 0.15) is 0 Å². The van der Waals surface area contributed by atoms with Crippen LogP contribution < -0.4 is 10.6 Å². The van der Waals surface area contributed by atoms with Crippen molar-refractivity contribution in [2.45, 2.75) is 26.4 Å². The molecule has 118 valence electrons. The Labute approximate surface area is 153 Å². The number of rotatable bonds is 4. The minimum atomic E-state index is 0.258. The van der Waals surface area contributed by atoms with Crippen LogP contribution in [0.15, 0.2) is 28.9 Å². The topological polar surface area (TPSA) is 41.9 Å². The van der Waals surface area contributed by atoms with Gasteiger partial charge in [-0.05, 0) is 59.7 Å². The van der Waals surface area contributed by atoms with Crippen LogP contribution in [0.4, 0.5) is 5.82 Å². The molecule has 0 radical (unpaired) electrons. The van der Waals surface area contributed by atoms with E-state index in [2.05, 4.69) is 31.7 Å². The number of thiocarbonyl (C=S) groups is 1. The molecular formula is C14H15BrCl2N4S. The molecule has 1 heterocycles. The van der Waals surface area contributed by atoms with Crippen molar-refractivity contribution in [2.75, 3.05) is 5.32 Å². The van der Waals surface area contributed by atoms with E-state index in [0.29, 0.717) is 27.5 Å². The largest absolute Gasteiger partial charge is 0.360 e. The van der Waals surface area contributed by atoms with Gasteiger partial charge in [-0.2, -0.15) is 5.10 Å². The van der Waals surface area contributed by atoms with Crippen molar-refractivity contribution >= 4 is 62.3 Å². The van der Waals surface area contributed by atoms with E-state index >= 15 is 0 Å². The van der Waals surface area contributed by atoms with E-state index < -0.39 is 0 Å². The third-order valence-electron chi connectivity index (χ3n) is 2.72. The monoisotopic (exact) mass is 420 g/mol. The van der Waals surface area contributed by atoms with Gasteiger partial charge in [0.15, 0.2) is 10.9 Å². The SMILES string of the molecule is CC(C)NC(=S)Nc1nn(Cc2ccc(Cl)cc2Cl)cc1Br. The summed E-state index contributed by atoms with van der Waals surface area (Å²) < 4.78 is 2.60. The summed E-state index contributed by atoms with van der Waals surface area (Å²) >= 11 is 20.8. The van der Waals surface area contributed by atoms with Gasteiger partial charge < -0.3 is 10.6 Å². The van der Waals surface area contributed by atoms with Crippen molar-refractivity contribution in [3.05, 3.63) is 44.5 Å². The molecule has 1 aromatic heterocycles. The number of benzene rings is 1. The third kappa shape index (κ3) is 4.84. The first-order valence-corrected chi connectivity index (χ1v) is 8.55. The Bertz CT molecular complexity index is 687. The van der Waals surface area contributed by atoms with Crippen LogP contribution in [0.1, 0.15) is 19.4 Å². The molecule has 2 aromatic rings. The highest BCUT2D eigenvalue weighted by atomic mass is 79.9. The fraction of sp³-hybridized carbons (Fsp3) is 0.286. The fourth-order valence-electron chi connectivity index (χ4n) is 1.79. The summed E-state index contributed by atoms with van der Waals surface area (Å²) in [6, 6.07) is 5.67. The van der Waals surface area contributed by atoms with Gasteiger partial charge in [0.25, 0.3) is 0 Å². The van der Waals surface area contributed by atoms with Crippen LogP contribution in [0.2, 0.25) is 10.0 Å². The van der Waals surface area contributed by atoms with Gasteiger partial charge >= 0.3 is 0 Å². The predicted octanol–water partition coefficient (Wildman–Crippen LogP) is 4.70. The second-order valence-electron chi connectivity index (χ2n) is 5.01. The Morgan fingerprint density at radius 3 is 2.77 bits per heavy atom. The van der Waals surface area contributed by atoms with Gasteiger partial charge in [-0.3, -0.25) is 4.68 Å². The molecule has 0 saturated heterocycles. The van der Waals surface area contributed by atoms with E-state index in [4.69, 9.17) is 35.4 Å². The summed E-state index contributed by atoms with van der Waals surface area (Å²) in [5.41, 5.74) is 0.940. The summed E-state index contributed by atoms with van der Waals surface area (Å²) in [5, 5.41) is 12.4. The van der Waals surface area contributed by atoms with Gasteiger partial charge in [-0.15, -0.1) is 0 Å². The molecule has 4 nitrogen and oxygen atoms in total. The molecule has 0 unspecified atom stereocenters. The zero-order valence-electron chi connectivity index (χ0n) is 12.0. The number of hydrogen-bond acceptors (Lipinski definition) is 2. The van der Waals surface area contributed by atoms with Crippen molar-refractivity contribution in [1.29, 1.82) is 0 Å². The maximum atomic E-state index is 6.18. The minimum Gasteiger partial charge on any atom is -0.360 e. The first kappa shape index (κ1) is 17.5. The maximum Gasteiger partial charge on any atom is 0.172 e.